The molecule has 2 saturated carbocycles. The van der Waals surface area contributed by atoms with Crippen LogP contribution >= 0.6 is 0 Å². The number of nitrogens with two attached hydrogens (primary N) is 1. The second kappa shape index (κ2) is 7.32. The van der Waals surface area contributed by atoms with Crippen molar-refractivity contribution < 1.29 is 13.2 Å². The molecule has 0 aromatic rings. The first-order valence-corrected chi connectivity index (χ1v) is 8.49. The standard InChI is InChI=1S/C16H29F3N2/c1-2-11-21(15-9-5-13(20)6-10-15)14-7-3-12(4-8-14)16(17,18)19/h12-15H,2-11,20H2,1H3. The summed E-state index contributed by atoms with van der Waals surface area (Å²) in [6.45, 7) is 3.17. The third-order valence-electron chi connectivity index (χ3n) is 5.32. The first-order valence-electron chi connectivity index (χ1n) is 8.49. The molecule has 0 aliphatic heterocycles. The summed E-state index contributed by atoms with van der Waals surface area (Å²) in [5.41, 5.74) is 5.97. The average Bonchev–Trinajstić information content (AvgIpc) is 2.45. The Kier molecular flexibility index (Phi) is 5.95. The van der Waals surface area contributed by atoms with Crippen molar-refractivity contribution in [2.24, 2.45) is 11.7 Å². The summed E-state index contributed by atoms with van der Waals surface area (Å²) in [4.78, 5) is 2.51. The van der Waals surface area contributed by atoms with Crippen molar-refractivity contribution >= 4 is 0 Å². The smallest absolute Gasteiger partial charge is 0.328 e. The first-order chi connectivity index (χ1) is 9.91. The van der Waals surface area contributed by atoms with Crippen LogP contribution in [0.15, 0.2) is 0 Å². The molecule has 0 spiro atoms. The van der Waals surface area contributed by atoms with E-state index in [0.717, 1.165) is 38.6 Å². The lowest BCUT2D eigenvalue weighted by Gasteiger charge is -2.43. The van der Waals surface area contributed by atoms with E-state index in [1.165, 1.54) is 0 Å². The fourth-order valence-corrected chi connectivity index (χ4v) is 4.09. The van der Waals surface area contributed by atoms with Crippen molar-refractivity contribution in [3.8, 4) is 0 Å². The third-order valence-corrected chi connectivity index (χ3v) is 5.32. The van der Waals surface area contributed by atoms with Crippen LogP contribution in [0.1, 0.15) is 64.7 Å². The van der Waals surface area contributed by atoms with E-state index in [9.17, 15) is 13.2 Å². The van der Waals surface area contributed by atoms with Crippen LogP contribution in [0.2, 0.25) is 0 Å². The Morgan fingerprint density at radius 2 is 1.38 bits per heavy atom. The van der Waals surface area contributed by atoms with Crippen LogP contribution in [0.4, 0.5) is 13.2 Å². The predicted molar refractivity (Wildman–Crippen MR) is 79.0 cm³/mol. The zero-order chi connectivity index (χ0) is 15.5. The average molecular weight is 306 g/mol. The highest BCUT2D eigenvalue weighted by Crippen LogP contribution is 2.39. The minimum Gasteiger partial charge on any atom is -0.328 e. The maximum atomic E-state index is 12.8. The van der Waals surface area contributed by atoms with E-state index in [-0.39, 0.29) is 0 Å². The Bertz CT molecular complexity index is 303. The highest BCUT2D eigenvalue weighted by atomic mass is 19.4. The SMILES string of the molecule is CCCN(C1CCC(N)CC1)C1CCC(C(F)(F)F)CC1. The summed E-state index contributed by atoms with van der Waals surface area (Å²) in [7, 11) is 0. The van der Waals surface area contributed by atoms with E-state index in [2.05, 4.69) is 11.8 Å². The van der Waals surface area contributed by atoms with E-state index in [4.69, 9.17) is 5.73 Å². The zero-order valence-electron chi connectivity index (χ0n) is 13.0. The van der Waals surface area contributed by atoms with Gasteiger partial charge in [0, 0.05) is 18.1 Å². The van der Waals surface area contributed by atoms with Crippen LogP contribution < -0.4 is 5.73 Å². The van der Waals surface area contributed by atoms with E-state index in [1.54, 1.807) is 0 Å². The Morgan fingerprint density at radius 1 is 0.905 bits per heavy atom. The maximum absolute atomic E-state index is 12.8. The molecule has 0 aromatic heterocycles. The molecule has 2 aliphatic rings. The molecule has 0 unspecified atom stereocenters. The molecular weight excluding hydrogens is 277 g/mol. The largest absolute Gasteiger partial charge is 0.391 e. The summed E-state index contributed by atoms with van der Waals surface area (Å²) in [6.07, 6.45) is 3.42. The van der Waals surface area contributed by atoms with Gasteiger partial charge in [-0.05, 0) is 64.3 Å². The molecule has 2 N–H and O–H groups in total. The summed E-state index contributed by atoms with van der Waals surface area (Å²) >= 11 is 0. The van der Waals surface area contributed by atoms with Gasteiger partial charge in [0.05, 0.1) is 5.92 Å². The number of halogens is 3. The van der Waals surface area contributed by atoms with Gasteiger partial charge < -0.3 is 5.73 Å². The van der Waals surface area contributed by atoms with E-state index < -0.39 is 12.1 Å². The molecule has 5 heteroatoms. The molecule has 0 bridgehead atoms. The van der Waals surface area contributed by atoms with Gasteiger partial charge in [-0.25, -0.2) is 0 Å². The summed E-state index contributed by atoms with van der Waals surface area (Å²) in [5, 5.41) is 0. The molecule has 21 heavy (non-hydrogen) atoms. The molecule has 2 rings (SSSR count). The Balaban J connectivity index is 1.91. The Hall–Kier alpha value is -0.290. The number of hydrogen-bond acceptors (Lipinski definition) is 2. The van der Waals surface area contributed by atoms with Gasteiger partial charge in [-0.1, -0.05) is 6.92 Å². The Labute approximate surface area is 126 Å². The van der Waals surface area contributed by atoms with Crippen molar-refractivity contribution in [3.05, 3.63) is 0 Å². The minimum atomic E-state index is -4.00. The van der Waals surface area contributed by atoms with Gasteiger partial charge in [-0.3, -0.25) is 4.90 Å². The van der Waals surface area contributed by atoms with Crippen LogP contribution in [0.25, 0.3) is 0 Å². The second-order valence-corrected chi connectivity index (χ2v) is 6.85. The molecule has 2 aliphatic carbocycles. The molecule has 2 fully saturated rings. The lowest BCUT2D eigenvalue weighted by molar-refractivity contribution is -0.185. The number of hydrogen-bond donors (Lipinski definition) is 1. The molecule has 0 saturated heterocycles. The first kappa shape index (κ1) is 17.1. The summed E-state index contributed by atoms with van der Waals surface area (Å²) in [6, 6.07) is 1.21. The highest BCUT2D eigenvalue weighted by Gasteiger charge is 2.42. The zero-order valence-corrected chi connectivity index (χ0v) is 13.0. The van der Waals surface area contributed by atoms with Gasteiger partial charge in [0.25, 0.3) is 0 Å². The molecule has 0 atom stereocenters. The van der Waals surface area contributed by atoms with Crippen molar-refractivity contribution in [2.75, 3.05) is 6.54 Å². The van der Waals surface area contributed by atoms with Gasteiger partial charge in [0.1, 0.15) is 0 Å². The van der Waals surface area contributed by atoms with Crippen LogP contribution in [0.3, 0.4) is 0 Å². The predicted octanol–water partition coefficient (Wildman–Crippen LogP) is 4.09. The molecule has 0 radical (unpaired) electrons. The molecule has 124 valence electrons. The van der Waals surface area contributed by atoms with Gasteiger partial charge >= 0.3 is 6.18 Å². The van der Waals surface area contributed by atoms with Gasteiger partial charge in [0.2, 0.25) is 0 Å². The van der Waals surface area contributed by atoms with E-state index in [0.29, 0.717) is 43.8 Å². The fraction of sp³-hybridized carbons (Fsp3) is 1.00. The van der Waals surface area contributed by atoms with E-state index in [1.807, 2.05) is 0 Å². The van der Waals surface area contributed by atoms with Crippen molar-refractivity contribution in [1.82, 2.24) is 4.90 Å². The monoisotopic (exact) mass is 306 g/mol. The Morgan fingerprint density at radius 3 is 1.81 bits per heavy atom. The second-order valence-electron chi connectivity index (χ2n) is 6.85. The number of alkyl halides is 3. The number of rotatable bonds is 4. The van der Waals surface area contributed by atoms with Crippen molar-refractivity contribution in [3.63, 3.8) is 0 Å². The van der Waals surface area contributed by atoms with Gasteiger partial charge in [-0.15, -0.1) is 0 Å². The summed E-state index contributed by atoms with van der Waals surface area (Å²) in [5.74, 6) is -1.07. The molecule has 2 nitrogen and oxygen atoms in total. The number of nitrogens with zero attached hydrogens (tertiary/aromatic N) is 1. The summed E-state index contributed by atoms with van der Waals surface area (Å²) < 4.78 is 38.4. The molecule has 0 heterocycles. The normalized spacial score (nSPS) is 35.1. The highest BCUT2D eigenvalue weighted by molar-refractivity contribution is 4.88. The van der Waals surface area contributed by atoms with E-state index >= 15 is 0 Å². The van der Waals surface area contributed by atoms with Gasteiger partial charge in [-0.2, -0.15) is 13.2 Å². The maximum Gasteiger partial charge on any atom is 0.391 e. The fourth-order valence-electron chi connectivity index (χ4n) is 4.09. The van der Waals surface area contributed by atoms with Crippen LogP contribution in [0.5, 0.6) is 0 Å². The lowest BCUT2D eigenvalue weighted by Crippen LogP contribution is -2.48. The lowest BCUT2D eigenvalue weighted by atomic mass is 9.82. The quantitative estimate of drug-likeness (QED) is 0.847. The third kappa shape index (κ3) is 4.59. The molecular formula is C16H29F3N2. The van der Waals surface area contributed by atoms with Crippen molar-refractivity contribution in [1.29, 1.82) is 0 Å². The van der Waals surface area contributed by atoms with Gasteiger partial charge in [0.15, 0.2) is 0 Å². The molecule has 0 aromatic carbocycles. The van der Waals surface area contributed by atoms with Crippen LogP contribution in [0, 0.1) is 5.92 Å². The van der Waals surface area contributed by atoms with Crippen LogP contribution in [-0.4, -0.2) is 35.7 Å². The molecule has 0 amide bonds. The van der Waals surface area contributed by atoms with Crippen molar-refractivity contribution in [2.45, 2.75) is 89.0 Å². The topological polar surface area (TPSA) is 29.3 Å². The minimum absolute atomic E-state index is 0.306. The van der Waals surface area contributed by atoms with Crippen LogP contribution in [-0.2, 0) is 0 Å².